The molecule has 1 unspecified atom stereocenters. The second kappa shape index (κ2) is 6.45. The number of nitrogens with zero attached hydrogens (tertiary/aromatic N) is 1. The van der Waals surface area contributed by atoms with Gasteiger partial charge in [0.25, 0.3) is 0 Å². The van der Waals surface area contributed by atoms with Crippen LogP contribution in [0.3, 0.4) is 0 Å². The van der Waals surface area contributed by atoms with E-state index < -0.39 is 0 Å². The molecule has 96 valence electrons. The van der Waals surface area contributed by atoms with E-state index in [0.717, 1.165) is 12.2 Å². The van der Waals surface area contributed by atoms with Crippen molar-refractivity contribution in [3.8, 4) is 0 Å². The van der Waals surface area contributed by atoms with E-state index in [4.69, 9.17) is 4.42 Å². The van der Waals surface area contributed by atoms with Gasteiger partial charge in [-0.05, 0) is 24.5 Å². The van der Waals surface area contributed by atoms with Crippen molar-refractivity contribution < 1.29 is 9.21 Å². The fraction of sp³-hybridized carbons (Fsp3) is 0.615. The number of carbonyl (C=O) groups excluding carboxylic acids is 1. The van der Waals surface area contributed by atoms with Gasteiger partial charge in [-0.25, -0.2) is 0 Å². The molecule has 0 bridgehead atoms. The van der Waals surface area contributed by atoms with E-state index in [2.05, 4.69) is 19.2 Å². The molecule has 0 saturated heterocycles. The van der Waals surface area contributed by atoms with Gasteiger partial charge in [0, 0.05) is 14.1 Å². The Hall–Kier alpha value is -1.29. The van der Waals surface area contributed by atoms with Gasteiger partial charge in [0.1, 0.15) is 5.76 Å². The normalized spacial score (nSPS) is 12.8. The van der Waals surface area contributed by atoms with Crippen molar-refractivity contribution in [3.05, 3.63) is 24.2 Å². The zero-order valence-electron chi connectivity index (χ0n) is 11.1. The molecule has 1 N–H and O–H groups in total. The van der Waals surface area contributed by atoms with E-state index in [-0.39, 0.29) is 11.9 Å². The number of hydrogen-bond acceptors (Lipinski definition) is 3. The van der Waals surface area contributed by atoms with Crippen LogP contribution in [0, 0.1) is 5.92 Å². The minimum Gasteiger partial charge on any atom is -0.468 e. The molecule has 0 aliphatic rings. The minimum absolute atomic E-state index is 0.116. The van der Waals surface area contributed by atoms with Gasteiger partial charge >= 0.3 is 0 Å². The SMILES string of the molecule is CC(C)CC(NCc1ccco1)C(=O)N(C)C. The number of likely N-dealkylation sites (N-methyl/N-ethyl adjacent to an activating group) is 1. The number of nitrogens with one attached hydrogen (secondary N) is 1. The zero-order chi connectivity index (χ0) is 12.8. The Morgan fingerprint density at radius 1 is 1.47 bits per heavy atom. The van der Waals surface area contributed by atoms with Crippen molar-refractivity contribution in [1.82, 2.24) is 10.2 Å². The van der Waals surface area contributed by atoms with Gasteiger partial charge in [-0.1, -0.05) is 13.8 Å². The first kappa shape index (κ1) is 13.8. The molecule has 1 aromatic heterocycles. The number of carbonyl (C=O) groups is 1. The summed E-state index contributed by atoms with van der Waals surface area (Å²) in [5.41, 5.74) is 0. The quantitative estimate of drug-likeness (QED) is 0.823. The summed E-state index contributed by atoms with van der Waals surface area (Å²) >= 11 is 0. The van der Waals surface area contributed by atoms with Gasteiger partial charge in [-0.15, -0.1) is 0 Å². The predicted octanol–water partition coefficient (Wildman–Crippen LogP) is 1.87. The number of rotatable bonds is 6. The van der Waals surface area contributed by atoms with Gasteiger partial charge in [0.2, 0.25) is 5.91 Å². The van der Waals surface area contributed by atoms with Crippen LogP contribution in [0.1, 0.15) is 26.0 Å². The van der Waals surface area contributed by atoms with Crippen molar-refractivity contribution in [2.24, 2.45) is 5.92 Å². The number of hydrogen-bond donors (Lipinski definition) is 1. The average Bonchev–Trinajstić information content (AvgIpc) is 2.75. The Bertz CT molecular complexity index is 331. The Morgan fingerprint density at radius 3 is 2.65 bits per heavy atom. The van der Waals surface area contributed by atoms with Gasteiger partial charge in [0.05, 0.1) is 18.8 Å². The van der Waals surface area contributed by atoms with Crippen LogP contribution in [0.25, 0.3) is 0 Å². The van der Waals surface area contributed by atoms with Crippen LogP contribution in [0.15, 0.2) is 22.8 Å². The topological polar surface area (TPSA) is 45.5 Å². The first-order chi connectivity index (χ1) is 8.00. The van der Waals surface area contributed by atoms with E-state index >= 15 is 0 Å². The standard InChI is InChI=1S/C13H22N2O2/c1-10(2)8-12(13(16)15(3)4)14-9-11-6-5-7-17-11/h5-7,10,12,14H,8-9H2,1-4H3. The van der Waals surface area contributed by atoms with E-state index in [1.54, 1.807) is 25.3 Å². The largest absolute Gasteiger partial charge is 0.468 e. The van der Waals surface area contributed by atoms with Crippen LogP contribution in [0.4, 0.5) is 0 Å². The third-order valence-electron chi connectivity index (χ3n) is 2.55. The van der Waals surface area contributed by atoms with Crippen LogP contribution in [-0.4, -0.2) is 30.9 Å². The first-order valence-electron chi connectivity index (χ1n) is 5.97. The molecule has 0 spiro atoms. The Kier molecular flexibility index (Phi) is 5.22. The molecule has 0 aliphatic carbocycles. The van der Waals surface area contributed by atoms with Crippen LogP contribution < -0.4 is 5.32 Å². The summed E-state index contributed by atoms with van der Waals surface area (Å²) in [5.74, 6) is 1.45. The monoisotopic (exact) mass is 238 g/mol. The first-order valence-corrected chi connectivity index (χ1v) is 5.97. The minimum atomic E-state index is -0.143. The second-order valence-corrected chi connectivity index (χ2v) is 4.88. The molecule has 4 heteroatoms. The lowest BCUT2D eigenvalue weighted by molar-refractivity contribution is -0.131. The second-order valence-electron chi connectivity index (χ2n) is 4.88. The van der Waals surface area contributed by atoms with Crippen molar-refractivity contribution in [2.75, 3.05) is 14.1 Å². The maximum absolute atomic E-state index is 12.0. The van der Waals surface area contributed by atoms with E-state index in [1.165, 1.54) is 0 Å². The molecule has 17 heavy (non-hydrogen) atoms. The molecule has 1 atom stereocenters. The predicted molar refractivity (Wildman–Crippen MR) is 67.5 cm³/mol. The highest BCUT2D eigenvalue weighted by Gasteiger charge is 2.20. The highest BCUT2D eigenvalue weighted by Crippen LogP contribution is 2.08. The summed E-state index contributed by atoms with van der Waals surface area (Å²) in [4.78, 5) is 13.6. The van der Waals surface area contributed by atoms with Crippen LogP contribution in [-0.2, 0) is 11.3 Å². The van der Waals surface area contributed by atoms with Gasteiger partial charge < -0.3 is 9.32 Å². The Labute approximate surface area is 103 Å². The molecule has 1 amide bonds. The van der Waals surface area contributed by atoms with Gasteiger partial charge in [0.15, 0.2) is 0 Å². The van der Waals surface area contributed by atoms with Crippen LogP contribution >= 0.6 is 0 Å². The van der Waals surface area contributed by atoms with Crippen molar-refractivity contribution in [3.63, 3.8) is 0 Å². The van der Waals surface area contributed by atoms with Crippen molar-refractivity contribution >= 4 is 5.91 Å². The molecule has 1 heterocycles. The average molecular weight is 238 g/mol. The fourth-order valence-corrected chi connectivity index (χ4v) is 1.69. The lowest BCUT2D eigenvalue weighted by Crippen LogP contribution is -2.44. The van der Waals surface area contributed by atoms with Gasteiger partial charge in [-0.3, -0.25) is 10.1 Å². The summed E-state index contributed by atoms with van der Waals surface area (Å²) in [5, 5.41) is 3.25. The van der Waals surface area contributed by atoms with Crippen molar-refractivity contribution in [1.29, 1.82) is 0 Å². The molecule has 0 aliphatic heterocycles. The third-order valence-corrected chi connectivity index (χ3v) is 2.55. The Balaban J connectivity index is 2.54. The molecule has 0 fully saturated rings. The molecule has 0 radical (unpaired) electrons. The molecule has 1 rings (SSSR count). The summed E-state index contributed by atoms with van der Waals surface area (Å²) in [7, 11) is 3.56. The molecule has 0 saturated carbocycles. The number of furan rings is 1. The van der Waals surface area contributed by atoms with E-state index in [1.807, 2.05) is 12.1 Å². The smallest absolute Gasteiger partial charge is 0.239 e. The van der Waals surface area contributed by atoms with Crippen molar-refractivity contribution in [2.45, 2.75) is 32.9 Å². The number of amides is 1. The van der Waals surface area contributed by atoms with Crippen LogP contribution in [0.5, 0.6) is 0 Å². The highest BCUT2D eigenvalue weighted by atomic mass is 16.3. The Morgan fingerprint density at radius 2 is 2.18 bits per heavy atom. The maximum atomic E-state index is 12.0. The fourth-order valence-electron chi connectivity index (χ4n) is 1.69. The highest BCUT2D eigenvalue weighted by molar-refractivity contribution is 5.81. The summed E-state index contributed by atoms with van der Waals surface area (Å²) < 4.78 is 5.24. The van der Waals surface area contributed by atoms with Crippen LogP contribution in [0.2, 0.25) is 0 Å². The molecule has 1 aromatic rings. The van der Waals surface area contributed by atoms with E-state index in [9.17, 15) is 4.79 Å². The lowest BCUT2D eigenvalue weighted by atomic mass is 10.0. The van der Waals surface area contributed by atoms with E-state index in [0.29, 0.717) is 12.5 Å². The molecule has 0 aromatic carbocycles. The van der Waals surface area contributed by atoms with Gasteiger partial charge in [-0.2, -0.15) is 0 Å². The third kappa shape index (κ3) is 4.61. The zero-order valence-corrected chi connectivity index (χ0v) is 11.1. The lowest BCUT2D eigenvalue weighted by Gasteiger charge is -2.22. The molecule has 4 nitrogen and oxygen atoms in total. The summed E-state index contributed by atoms with van der Waals surface area (Å²) in [6.07, 6.45) is 2.47. The maximum Gasteiger partial charge on any atom is 0.239 e. The molecular weight excluding hydrogens is 216 g/mol. The summed E-state index contributed by atoms with van der Waals surface area (Å²) in [6, 6.07) is 3.61. The summed E-state index contributed by atoms with van der Waals surface area (Å²) in [6.45, 7) is 4.82. The molecular formula is C13H22N2O2.